The van der Waals surface area contributed by atoms with Crippen LogP contribution >= 0.6 is 0 Å². The molecule has 0 aliphatic rings. The molecule has 0 saturated carbocycles. The van der Waals surface area contributed by atoms with Crippen molar-refractivity contribution in [2.75, 3.05) is 13.7 Å². The number of aromatic nitrogens is 1. The summed E-state index contributed by atoms with van der Waals surface area (Å²) in [7, 11) is 1.42. The summed E-state index contributed by atoms with van der Waals surface area (Å²) >= 11 is 0. The second-order valence-corrected chi connectivity index (χ2v) is 4.64. The van der Waals surface area contributed by atoms with Crippen LogP contribution < -0.4 is 10.1 Å². The van der Waals surface area contributed by atoms with Crippen LogP contribution in [0, 0.1) is 11.6 Å². The lowest BCUT2D eigenvalue weighted by Crippen LogP contribution is -2.24. The number of benzene rings is 1. The standard InChI is InChI=1S/C16H18F2N2O/c1-3-20-14(12-7-8-19-10-13(12)17)9-11-5-4-6-15(21-2)16(11)18/h4-8,10,14,20H,3,9H2,1-2H3. The number of halogens is 2. The fourth-order valence-electron chi connectivity index (χ4n) is 2.30. The first-order chi connectivity index (χ1) is 10.2. The Morgan fingerprint density at radius 1 is 1.29 bits per heavy atom. The van der Waals surface area contributed by atoms with Gasteiger partial charge in [-0.05, 0) is 30.7 Å². The predicted octanol–water partition coefficient (Wildman–Crippen LogP) is 3.26. The van der Waals surface area contributed by atoms with Crippen molar-refractivity contribution in [2.45, 2.75) is 19.4 Å². The molecule has 0 fully saturated rings. The number of pyridine rings is 1. The summed E-state index contributed by atoms with van der Waals surface area (Å²) in [5.74, 6) is -0.609. The molecular weight excluding hydrogens is 274 g/mol. The monoisotopic (exact) mass is 292 g/mol. The zero-order valence-electron chi connectivity index (χ0n) is 12.1. The van der Waals surface area contributed by atoms with Crippen LogP contribution in [0.3, 0.4) is 0 Å². The largest absolute Gasteiger partial charge is 0.494 e. The van der Waals surface area contributed by atoms with Gasteiger partial charge >= 0.3 is 0 Å². The summed E-state index contributed by atoms with van der Waals surface area (Å²) in [5.41, 5.74) is 0.964. The summed E-state index contributed by atoms with van der Waals surface area (Å²) in [6, 6.07) is 6.26. The third-order valence-corrected chi connectivity index (χ3v) is 3.32. The normalized spacial score (nSPS) is 12.2. The highest BCUT2D eigenvalue weighted by Gasteiger charge is 2.18. The molecule has 112 valence electrons. The molecule has 0 saturated heterocycles. The Bertz CT molecular complexity index is 605. The van der Waals surface area contributed by atoms with Gasteiger partial charge in [0.15, 0.2) is 11.6 Å². The molecule has 21 heavy (non-hydrogen) atoms. The molecule has 1 aromatic heterocycles. The molecule has 3 nitrogen and oxygen atoms in total. The molecule has 0 radical (unpaired) electrons. The molecule has 5 heteroatoms. The Morgan fingerprint density at radius 3 is 2.76 bits per heavy atom. The molecule has 0 aliphatic heterocycles. The first-order valence-electron chi connectivity index (χ1n) is 6.81. The fraction of sp³-hybridized carbons (Fsp3) is 0.312. The Labute approximate surface area is 123 Å². The molecule has 1 heterocycles. The van der Waals surface area contributed by atoms with E-state index in [2.05, 4.69) is 10.3 Å². The average Bonchev–Trinajstić information content (AvgIpc) is 2.49. The number of methoxy groups -OCH3 is 1. The van der Waals surface area contributed by atoms with Gasteiger partial charge in [0, 0.05) is 17.8 Å². The van der Waals surface area contributed by atoms with Gasteiger partial charge in [-0.1, -0.05) is 19.1 Å². The summed E-state index contributed by atoms with van der Waals surface area (Å²) in [6.07, 6.45) is 3.03. The highest BCUT2D eigenvalue weighted by molar-refractivity contribution is 5.32. The van der Waals surface area contributed by atoms with Crippen molar-refractivity contribution >= 4 is 0 Å². The molecule has 1 N–H and O–H groups in total. The maximum absolute atomic E-state index is 14.2. The summed E-state index contributed by atoms with van der Waals surface area (Å²) in [5, 5.41) is 3.18. The lowest BCUT2D eigenvalue weighted by molar-refractivity contribution is 0.382. The van der Waals surface area contributed by atoms with E-state index in [-0.39, 0.29) is 11.8 Å². The number of hydrogen-bond donors (Lipinski definition) is 1. The molecule has 1 atom stereocenters. The van der Waals surface area contributed by atoms with Crippen LogP contribution in [0.15, 0.2) is 36.7 Å². The summed E-state index contributed by atoms with van der Waals surface area (Å²) < 4.78 is 33.1. The van der Waals surface area contributed by atoms with Gasteiger partial charge in [0.1, 0.15) is 5.82 Å². The van der Waals surface area contributed by atoms with Gasteiger partial charge in [-0.15, -0.1) is 0 Å². The number of likely N-dealkylation sites (N-methyl/N-ethyl adjacent to an activating group) is 1. The molecule has 1 unspecified atom stereocenters. The first-order valence-corrected chi connectivity index (χ1v) is 6.81. The molecule has 2 rings (SSSR count). The zero-order valence-corrected chi connectivity index (χ0v) is 12.1. The van der Waals surface area contributed by atoms with Crippen molar-refractivity contribution in [1.29, 1.82) is 0 Å². The smallest absolute Gasteiger partial charge is 0.168 e. The van der Waals surface area contributed by atoms with Crippen molar-refractivity contribution in [3.8, 4) is 5.75 Å². The van der Waals surface area contributed by atoms with Gasteiger partial charge in [0.2, 0.25) is 0 Å². The zero-order chi connectivity index (χ0) is 15.2. The van der Waals surface area contributed by atoms with Crippen LogP contribution in [0.2, 0.25) is 0 Å². The van der Waals surface area contributed by atoms with Crippen LogP contribution in [0.4, 0.5) is 8.78 Å². The summed E-state index contributed by atoms with van der Waals surface area (Å²) in [6.45, 7) is 2.58. The van der Waals surface area contributed by atoms with Crippen molar-refractivity contribution in [2.24, 2.45) is 0 Å². The minimum atomic E-state index is -0.405. The number of rotatable bonds is 6. The first kappa shape index (κ1) is 15.4. The van der Waals surface area contributed by atoms with Gasteiger partial charge < -0.3 is 10.1 Å². The topological polar surface area (TPSA) is 34.1 Å². The van der Waals surface area contributed by atoms with Crippen LogP contribution in [-0.2, 0) is 6.42 Å². The van der Waals surface area contributed by atoms with Gasteiger partial charge in [-0.2, -0.15) is 0 Å². The van der Waals surface area contributed by atoms with Crippen LogP contribution in [0.25, 0.3) is 0 Å². The number of nitrogens with one attached hydrogen (secondary N) is 1. The molecule has 1 aromatic carbocycles. The van der Waals surface area contributed by atoms with E-state index >= 15 is 0 Å². The van der Waals surface area contributed by atoms with E-state index in [9.17, 15) is 8.78 Å². The maximum atomic E-state index is 14.2. The van der Waals surface area contributed by atoms with Crippen molar-refractivity contribution in [3.63, 3.8) is 0 Å². The van der Waals surface area contributed by atoms with Crippen LogP contribution in [0.5, 0.6) is 5.75 Å². The highest BCUT2D eigenvalue weighted by Crippen LogP contribution is 2.26. The van der Waals surface area contributed by atoms with Crippen LogP contribution in [0.1, 0.15) is 24.1 Å². The van der Waals surface area contributed by atoms with Crippen LogP contribution in [-0.4, -0.2) is 18.6 Å². The Hall–Kier alpha value is -2.01. The van der Waals surface area contributed by atoms with Gasteiger partial charge in [0.05, 0.1) is 13.3 Å². The Balaban J connectivity index is 2.31. The number of hydrogen-bond acceptors (Lipinski definition) is 3. The fourth-order valence-corrected chi connectivity index (χ4v) is 2.30. The lowest BCUT2D eigenvalue weighted by atomic mass is 9.98. The quantitative estimate of drug-likeness (QED) is 0.887. The molecule has 0 spiro atoms. The maximum Gasteiger partial charge on any atom is 0.168 e. The van der Waals surface area contributed by atoms with E-state index in [0.717, 1.165) is 0 Å². The van der Waals surface area contributed by atoms with Gasteiger partial charge in [-0.3, -0.25) is 4.98 Å². The molecule has 0 aliphatic carbocycles. The van der Waals surface area contributed by atoms with E-state index < -0.39 is 11.6 Å². The third-order valence-electron chi connectivity index (χ3n) is 3.32. The van der Waals surface area contributed by atoms with Crippen molar-refractivity contribution in [3.05, 3.63) is 59.4 Å². The molecular formula is C16H18F2N2O. The van der Waals surface area contributed by atoms with E-state index in [1.165, 1.54) is 19.5 Å². The van der Waals surface area contributed by atoms with Gasteiger partial charge in [-0.25, -0.2) is 8.78 Å². The average molecular weight is 292 g/mol. The third kappa shape index (κ3) is 3.55. The van der Waals surface area contributed by atoms with E-state index in [1.807, 2.05) is 6.92 Å². The Kier molecular flexibility index (Phi) is 5.22. The number of nitrogens with zero attached hydrogens (tertiary/aromatic N) is 1. The SMILES string of the molecule is CCNC(Cc1cccc(OC)c1F)c1ccncc1F. The van der Waals surface area contributed by atoms with Gasteiger partial charge in [0.25, 0.3) is 0 Å². The molecule has 0 bridgehead atoms. The summed E-state index contributed by atoms with van der Waals surface area (Å²) in [4.78, 5) is 3.74. The van der Waals surface area contributed by atoms with E-state index in [0.29, 0.717) is 24.1 Å². The number of ether oxygens (including phenoxy) is 1. The van der Waals surface area contributed by atoms with Crippen molar-refractivity contribution < 1.29 is 13.5 Å². The second kappa shape index (κ2) is 7.13. The van der Waals surface area contributed by atoms with Crippen molar-refractivity contribution in [1.82, 2.24) is 10.3 Å². The van der Waals surface area contributed by atoms with E-state index in [1.54, 1.807) is 24.3 Å². The molecule has 0 amide bonds. The predicted molar refractivity (Wildman–Crippen MR) is 77.3 cm³/mol. The minimum absolute atomic E-state index is 0.193. The Morgan fingerprint density at radius 2 is 2.10 bits per heavy atom. The lowest BCUT2D eigenvalue weighted by Gasteiger charge is -2.19. The second-order valence-electron chi connectivity index (χ2n) is 4.64. The molecule has 2 aromatic rings. The minimum Gasteiger partial charge on any atom is -0.494 e. The van der Waals surface area contributed by atoms with E-state index in [4.69, 9.17) is 4.74 Å². The highest BCUT2D eigenvalue weighted by atomic mass is 19.1.